The number of carbonyl (C=O) groups excluding carboxylic acids is 1. The molecule has 0 saturated heterocycles. The lowest BCUT2D eigenvalue weighted by Crippen LogP contribution is -2.31. The van der Waals surface area contributed by atoms with Gasteiger partial charge >= 0.3 is 0 Å². The minimum Gasteiger partial charge on any atom is -0.293 e. The van der Waals surface area contributed by atoms with Gasteiger partial charge in [-0.25, -0.2) is 8.42 Å². The fourth-order valence-corrected chi connectivity index (χ4v) is 4.26. The fourth-order valence-electron chi connectivity index (χ4n) is 1.47. The summed E-state index contributed by atoms with van der Waals surface area (Å²) in [6.07, 6.45) is 0. The van der Waals surface area contributed by atoms with Crippen LogP contribution in [0, 0.1) is 0 Å². The zero-order chi connectivity index (χ0) is 10.3. The summed E-state index contributed by atoms with van der Waals surface area (Å²) in [5.41, 5.74) is 0.292. The van der Waals surface area contributed by atoms with Gasteiger partial charge in [-0.2, -0.15) is 0 Å². The second-order valence-electron chi connectivity index (χ2n) is 3.11. The van der Waals surface area contributed by atoms with E-state index in [0.29, 0.717) is 5.56 Å². The largest absolute Gasteiger partial charge is 0.293 e. The van der Waals surface area contributed by atoms with Gasteiger partial charge in [0.15, 0.2) is 15.6 Å². The lowest BCUT2D eigenvalue weighted by molar-refractivity contribution is 0.0991. The van der Waals surface area contributed by atoms with E-state index in [4.69, 9.17) is 0 Å². The first kappa shape index (κ1) is 9.86. The molecule has 74 valence electrons. The van der Waals surface area contributed by atoms with Crippen molar-refractivity contribution in [1.29, 1.82) is 0 Å². The number of ketones is 1. The van der Waals surface area contributed by atoms with Crippen LogP contribution in [0.25, 0.3) is 0 Å². The first-order valence-corrected chi connectivity index (χ1v) is 6.59. The highest BCUT2D eigenvalue weighted by molar-refractivity contribution is 9.10. The van der Waals surface area contributed by atoms with Crippen LogP contribution in [-0.2, 0) is 9.84 Å². The number of Topliss-reactive ketones (excluding diaryl/α,β-unsaturated/α-hetero) is 1. The Morgan fingerprint density at radius 1 is 1.29 bits per heavy atom. The minimum atomic E-state index is -3.29. The van der Waals surface area contributed by atoms with Crippen molar-refractivity contribution in [2.24, 2.45) is 0 Å². The molecule has 3 nitrogen and oxygen atoms in total. The molecule has 0 bridgehead atoms. The van der Waals surface area contributed by atoms with Gasteiger partial charge in [-0.3, -0.25) is 4.79 Å². The summed E-state index contributed by atoms with van der Waals surface area (Å²) in [6, 6.07) is 6.31. The number of carbonyl (C=O) groups is 1. The Bertz CT molecular complexity index is 493. The first-order valence-electron chi connectivity index (χ1n) is 4.02. The third kappa shape index (κ3) is 1.40. The smallest absolute Gasteiger partial charge is 0.180 e. The first-order chi connectivity index (χ1) is 6.52. The van der Waals surface area contributed by atoms with E-state index in [1.54, 1.807) is 18.2 Å². The van der Waals surface area contributed by atoms with Crippen LogP contribution in [-0.4, -0.2) is 24.8 Å². The number of rotatable bonds is 0. The lowest BCUT2D eigenvalue weighted by Gasteiger charge is -2.18. The second kappa shape index (κ2) is 3.17. The Balaban J connectivity index is 2.74. The van der Waals surface area contributed by atoms with Gasteiger partial charge in [-0.15, -0.1) is 0 Å². The molecule has 1 aromatic rings. The molecule has 0 aliphatic carbocycles. The van der Waals surface area contributed by atoms with Crippen molar-refractivity contribution in [2.45, 2.75) is 9.72 Å². The Hall–Kier alpha value is -0.680. The van der Waals surface area contributed by atoms with E-state index in [-0.39, 0.29) is 16.4 Å². The molecule has 2 rings (SSSR count). The summed E-state index contributed by atoms with van der Waals surface area (Å²) in [5, 5.41) is 0. The van der Waals surface area contributed by atoms with Crippen LogP contribution in [0.5, 0.6) is 0 Å². The average Bonchev–Trinajstić information content (AvgIpc) is 2.14. The van der Waals surface area contributed by atoms with Crippen molar-refractivity contribution in [1.82, 2.24) is 0 Å². The molecule has 1 aromatic carbocycles. The molecule has 0 N–H and O–H groups in total. The van der Waals surface area contributed by atoms with Crippen LogP contribution < -0.4 is 0 Å². The van der Waals surface area contributed by atoms with Crippen molar-refractivity contribution in [3.8, 4) is 0 Å². The van der Waals surface area contributed by atoms with Gasteiger partial charge in [0, 0.05) is 5.56 Å². The number of hydrogen-bond acceptors (Lipinski definition) is 3. The predicted octanol–water partition coefficient (Wildman–Crippen LogP) is 1.42. The lowest BCUT2D eigenvalue weighted by atomic mass is 10.1. The number of fused-ring (bicyclic) bond motifs is 1. The zero-order valence-electron chi connectivity index (χ0n) is 7.10. The molecule has 0 radical (unpaired) electrons. The van der Waals surface area contributed by atoms with Gasteiger partial charge in [-0.1, -0.05) is 34.1 Å². The van der Waals surface area contributed by atoms with Gasteiger partial charge in [0.2, 0.25) is 0 Å². The molecule has 1 aliphatic rings. The maximum absolute atomic E-state index is 11.6. The van der Waals surface area contributed by atoms with E-state index in [2.05, 4.69) is 15.9 Å². The van der Waals surface area contributed by atoms with Crippen LogP contribution in [0.15, 0.2) is 29.2 Å². The van der Waals surface area contributed by atoms with Crippen molar-refractivity contribution < 1.29 is 13.2 Å². The molecule has 5 heteroatoms. The highest BCUT2D eigenvalue weighted by Crippen LogP contribution is 2.27. The molecule has 1 heterocycles. The number of halogens is 1. The molecule has 0 fully saturated rings. The molecular weight excluding hydrogens is 268 g/mol. The van der Waals surface area contributed by atoms with Crippen LogP contribution in [0.1, 0.15) is 10.4 Å². The molecule has 0 aromatic heterocycles. The van der Waals surface area contributed by atoms with Crippen LogP contribution in [0.2, 0.25) is 0 Å². The standard InChI is InChI=1S/C9H7BrO3S/c10-7-5-14(12,13)8-4-2-1-3-6(8)9(7)11/h1-4,7H,5H2/t7-/m0/s1. The van der Waals surface area contributed by atoms with E-state index in [1.807, 2.05) is 0 Å². The highest BCUT2D eigenvalue weighted by atomic mass is 79.9. The summed E-state index contributed by atoms with van der Waals surface area (Å²) in [7, 11) is -3.29. The molecule has 1 aliphatic heterocycles. The molecule has 0 saturated carbocycles. The van der Waals surface area contributed by atoms with Crippen LogP contribution in [0.4, 0.5) is 0 Å². The van der Waals surface area contributed by atoms with E-state index in [0.717, 1.165) is 0 Å². The molecule has 0 unspecified atom stereocenters. The van der Waals surface area contributed by atoms with Gasteiger partial charge in [-0.05, 0) is 6.07 Å². The Kier molecular flexibility index (Phi) is 2.23. The normalized spacial score (nSPS) is 24.4. The summed E-state index contributed by atoms with van der Waals surface area (Å²) < 4.78 is 23.3. The zero-order valence-corrected chi connectivity index (χ0v) is 9.51. The van der Waals surface area contributed by atoms with Gasteiger partial charge in [0.05, 0.1) is 15.5 Å². The van der Waals surface area contributed by atoms with Crippen molar-refractivity contribution in [3.63, 3.8) is 0 Å². The van der Waals surface area contributed by atoms with Crippen LogP contribution >= 0.6 is 15.9 Å². The fraction of sp³-hybridized carbons (Fsp3) is 0.222. The number of benzene rings is 1. The SMILES string of the molecule is O=C1c2ccccc2S(=O)(=O)C[C@@H]1Br. The molecular formula is C9H7BrO3S. The van der Waals surface area contributed by atoms with Crippen molar-refractivity contribution in [3.05, 3.63) is 29.8 Å². The van der Waals surface area contributed by atoms with Gasteiger partial charge < -0.3 is 0 Å². The summed E-state index contributed by atoms with van der Waals surface area (Å²) >= 11 is 3.07. The number of alkyl halides is 1. The second-order valence-corrected chi connectivity index (χ2v) is 6.22. The van der Waals surface area contributed by atoms with E-state index < -0.39 is 14.7 Å². The number of sulfone groups is 1. The average molecular weight is 275 g/mol. The number of hydrogen-bond donors (Lipinski definition) is 0. The molecule has 0 spiro atoms. The molecule has 1 atom stereocenters. The van der Waals surface area contributed by atoms with Gasteiger partial charge in [0.1, 0.15) is 0 Å². The Labute approximate surface area is 90.2 Å². The topological polar surface area (TPSA) is 51.2 Å². The monoisotopic (exact) mass is 274 g/mol. The minimum absolute atomic E-state index is 0.150. The predicted molar refractivity (Wildman–Crippen MR) is 55.5 cm³/mol. The van der Waals surface area contributed by atoms with Crippen LogP contribution in [0.3, 0.4) is 0 Å². The molecule has 0 amide bonds. The third-order valence-electron chi connectivity index (χ3n) is 2.14. The highest BCUT2D eigenvalue weighted by Gasteiger charge is 2.34. The summed E-state index contributed by atoms with van der Waals surface area (Å²) in [6.45, 7) is 0. The molecule has 14 heavy (non-hydrogen) atoms. The van der Waals surface area contributed by atoms with Crippen molar-refractivity contribution in [2.75, 3.05) is 5.75 Å². The maximum Gasteiger partial charge on any atom is 0.180 e. The van der Waals surface area contributed by atoms with E-state index in [9.17, 15) is 13.2 Å². The van der Waals surface area contributed by atoms with E-state index in [1.165, 1.54) is 6.07 Å². The quantitative estimate of drug-likeness (QED) is 0.673. The maximum atomic E-state index is 11.6. The summed E-state index contributed by atoms with van der Waals surface area (Å²) in [4.78, 5) is 11.1. The Morgan fingerprint density at radius 2 is 1.93 bits per heavy atom. The van der Waals surface area contributed by atoms with Gasteiger partial charge in [0.25, 0.3) is 0 Å². The summed E-state index contributed by atoms with van der Waals surface area (Å²) in [5.74, 6) is -0.307. The van der Waals surface area contributed by atoms with E-state index >= 15 is 0 Å². The Morgan fingerprint density at radius 3 is 2.64 bits per heavy atom. The van der Waals surface area contributed by atoms with Crippen molar-refractivity contribution >= 4 is 31.6 Å². The third-order valence-corrected chi connectivity index (χ3v) is 5.10.